The molecule has 1 N–H and O–H groups in total. The number of aryl methyl sites for hydroxylation is 1. The number of benzene rings is 1. The maximum atomic E-state index is 11.3. The summed E-state index contributed by atoms with van der Waals surface area (Å²) in [5.74, 6) is -0.0690. The quantitative estimate of drug-likeness (QED) is 0.882. The third-order valence-electron chi connectivity index (χ3n) is 2.99. The molecule has 0 aliphatic heterocycles. The lowest BCUT2D eigenvalue weighted by molar-refractivity contribution is -0.120. The van der Waals surface area contributed by atoms with Crippen molar-refractivity contribution in [3.63, 3.8) is 0 Å². The molecule has 1 amide bonds. The fourth-order valence-electron chi connectivity index (χ4n) is 1.94. The number of rotatable bonds is 5. The Kier molecular flexibility index (Phi) is 4.14. The van der Waals surface area contributed by atoms with Crippen LogP contribution in [0, 0.1) is 11.3 Å². The SMILES string of the molecule is Cn1cnc2cc(CCNC(=O)CCC#N)ccc21. The van der Waals surface area contributed by atoms with Gasteiger partial charge in [0.1, 0.15) is 0 Å². The average Bonchev–Trinajstić information content (AvgIpc) is 2.78. The molecule has 0 aliphatic carbocycles. The fourth-order valence-corrected chi connectivity index (χ4v) is 1.94. The molecule has 0 fully saturated rings. The summed E-state index contributed by atoms with van der Waals surface area (Å²) in [4.78, 5) is 15.6. The van der Waals surface area contributed by atoms with E-state index < -0.39 is 0 Å². The first kappa shape index (κ1) is 13.1. The highest BCUT2D eigenvalue weighted by Gasteiger charge is 2.03. The number of nitrogens with one attached hydrogen (secondary N) is 1. The first-order valence-corrected chi connectivity index (χ1v) is 6.24. The van der Waals surface area contributed by atoms with Gasteiger partial charge in [0.15, 0.2) is 0 Å². The highest BCUT2D eigenvalue weighted by atomic mass is 16.1. The number of hydrogen-bond acceptors (Lipinski definition) is 3. The van der Waals surface area contributed by atoms with Gasteiger partial charge in [-0.3, -0.25) is 4.79 Å². The number of amides is 1. The van der Waals surface area contributed by atoms with Gasteiger partial charge in [0.25, 0.3) is 0 Å². The van der Waals surface area contributed by atoms with Crippen LogP contribution in [0.25, 0.3) is 11.0 Å². The van der Waals surface area contributed by atoms with Crippen molar-refractivity contribution in [2.75, 3.05) is 6.54 Å². The van der Waals surface area contributed by atoms with Gasteiger partial charge in [-0.1, -0.05) is 6.07 Å². The monoisotopic (exact) mass is 256 g/mol. The first-order chi connectivity index (χ1) is 9.20. The van der Waals surface area contributed by atoms with Crippen LogP contribution in [0.3, 0.4) is 0 Å². The summed E-state index contributed by atoms with van der Waals surface area (Å²) >= 11 is 0. The van der Waals surface area contributed by atoms with Crippen molar-refractivity contribution in [3.05, 3.63) is 30.1 Å². The van der Waals surface area contributed by atoms with E-state index in [1.54, 1.807) is 6.33 Å². The Morgan fingerprint density at radius 3 is 3.16 bits per heavy atom. The first-order valence-electron chi connectivity index (χ1n) is 6.24. The lowest BCUT2D eigenvalue weighted by Crippen LogP contribution is -2.25. The van der Waals surface area contributed by atoms with Crippen molar-refractivity contribution in [2.24, 2.45) is 7.05 Å². The summed E-state index contributed by atoms with van der Waals surface area (Å²) in [6.07, 6.45) is 3.10. The Labute approximate surface area is 111 Å². The van der Waals surface area contributed by atoms with E-state index in [9.17, 15) is 4.79 Å². The molecule has 0 aliphatic rings. The van der Waals surface area contributed by atoms with Gasteiger partial charge in [-0.05, 0) is 24.1 Å². The standard InChI is InChI=1S/C14H16N4O/c1-18-10-17-12-9-11(4-5-13(12)18)6-8-16-14(19)3-2-7-15/h4-5,9-10H,2-3,6,8H2,1H3,(H,16,19). The molecule has 5 heteroatoms. The summed E-state index contributed by atoms with van der Waals surface area (Å²) in [6, 6.07) is 8.08. The third-order valence-corrected chi connectivity index (χ3v) is 2.99. The van der Waals surface area contributed by atoms with Crippen LogP contribution >= 0.6 is 0 Å². The van der Waals surface area contributed by atoms with Crippen molar-refractivity contribution in [1.82, 2.24) is 14.9 Å². The topological polar surface area (TPSA) is 70.7 Å². The van der Waals surface area contributed by atoms with Gasteiger partial charge in [0, 0.05) is 26.4 Å². The van der Waals surface area contributed by atoms with Gasteiger partial charge >= 0.3 is 0 Å². The molecule has 2 rings (SSSR count). The molecular weight excluding hydrogens is 240 g/mol. The maximum absolute atomic E-state index is 11.3. The molecule has 0 bridgehead atoms. The molecule has 98 valence electrons. The molecule has 5 nitrogen and oxygen atoms in total. The predicted molar refractivity (Wildman–Crippen MR) is 72.3 cm³/mol. The number of carbonyl (C=O) groups excluding carboxylic acids is 1. The normalized spacial score (nSPS) is 10.3. The molecule has 0 saturated heterocycles. The Morgan fingerprint density at radius 1 is 1.53 bits per heavy atom. The van der Waals surface area contributed by atoms with Crippen LogP contribution in [-0.2, 0) is 18.3 Å². The molecule has 1 heterocycles. The van der Waals surface area contributed by atoms with Crippen LogP contribution in [-0.4, -0.2) is 22.0 Å². The summed E-state index contributed by atoms with van der Waals surface area (Å²) < 4.78 is 1.97. The van der Waals surface area contributed by atoms with E-state index in [0.717, 1.165) is 23.0 Å². The largest absolute Gasteiger partial charge is 0.356 e. The molecule has 0 saturated carbocycles. The predicted octanol–water partition coefficient (Wildman–Crippen LogP) is 1.54. The van der Waals surface area contributed by atoms with Gasteiger partial charge in [0.05, 0.1) is 23.4 Å². The number of hydrogen-bond donors (Lipinski definition) is 1. The minimum atomic E-state index is -0.0690. The maximum Gasteiger partial charge on any atom is 0.221 e. The molecule has 0 atom stereocenters. The molecule has 19 heavy (non-hydrogen) atoms. The molecule has 1 aromatic carbocycles. The van der Waals surface area contributed by atoms with E-state index in [4.69, 9.17) is 5.26 Å². The second kappa shape index (κ2) is 6.01. The number of nitrogens with zero attached hydrogens (tertiary/aromatic N) is 3. The smallest absolute Gasteiger partial charge is 0.221 e. The van der Waals surface area contributed by atoms with Crippen molar-refractivity contribution in [2.45, 2.75) is 19.3 Å². The van der Waals surface area contributed by atoms with Crippen LogP contribution in [0.5, 0.6) is 0 Å². The zero-order valence-electron chi connectivity index (χ0n) is 10.9. The Balaban J connectivity index is 1.88. The Hall–Kier alpha value is -2.35. The third kappa shape index (κ3) is 3.32. The summed E-state index contributed by atoms with van der Waals surface area (Å²) in [6.45, 7) is 0.586. The van der Waals surface area contributed by atoms with Crippen LogP contribution in [0.4, 0.5) is 0 Å². The van der Waals surface area contributed by atoms with E-state index >= 15 is 0 Å². The second-order valence-corrected chi connectivity index (χ2v) is 4.44. The van der Waals surface area contributed by atoms with Gasteiger partial charge in [-0.25, -0.2) is 4.98 Å². The second-order valence-electron chi connectivity index (χ2n) is 4.44. The van der Waals surface area contributed by atoms with Crippen molar-refractivity contribution >= 4 is 16.9 Å². The average molecular weight is 256 g/mol. The van der Waals surface area contributed by atoms with E-state index in [0.29, 0.717) is 6.54 Å². The molecule has 2 aromatic rings. The minimum Gasteiger partial charge on any atom is -0.356 e. The molecule has 0 radical (unpaired) electrons. The summed E-state index contributed by atoms with van der Waals surface area (Å²) in [7, 11) is 1.96. The van der Waals surface area contributed by atoms with E-state index in [1.807, 2.05) is 35.9 Å². The number of imidazole rings is 1. The van der Waals surface area contributed by atoms with Gasteiger partial charge in [-0.15, -0.1) is 0 Å². The lowest BCUT2D eigenvalue weighted by atomic mass is 10.1. The molecule has 0 unspecified atom stereocenters. The van der Waals surface area contributed by atoms with Gasteiger partial charge in [0.2, 0.25) is 5.91 Å². The van der Waals surface area contributed by atoms with E-state index in [-0.39, 0.29) is 18.7 Å². The number of carbonyl (C=O) groups is 1. The van der Waals surface area contributed by atoms with Crippen LogP contribution in [0.1, 0.15) is 18.4 Å². The lowest BCUT2D eigenvalue weighted by Gasteiger charge is -2.04. The van der Waals surface area contributed by atoms with E-state index in [1.165, 1.54) is 0 Å². The summed E-state index contributed by atoms with van der Waals surface area (Å²) in [5.41, 5.74) is 3.21. The van der Waals surface area contributed by atoms with Crippen LogP contribution in [0.15, 0.2) is 24.5 Å². The Morgan fingerprint density at radius 2 is 2.37 bits per heavy atom. The number of fused-ring (bicyclic) bond motifs is 1. The van der Waals surface area contributed by atoms with Crippen molar-refractivity contribution < 1.29 is 4.79 Å². The van der Waals surface area contributed by atoms with Crippen molar-refractivity contribution in [1.29, 1.82) is 5.26 Å². The van der Waals surface area contributed by atoms with Crippen LogP contribution < -0.4 is 5.32 Å². The number of nitriles is 1. The van der Waals surface area contributed by atoms with E-state index in [2.05, 4.69) is 10.3 Å². The minimum absolute atomic E-state index is 0.0690. The zero-order valence-corrected chi connectivity index (χ0v) is 10.9. The molecule has 0 spiro atoms. The van der Waals surface area contributed by atoms with Gasteiger partial charge < -0.3 is 9.88 Å². The van der Waals surface area contributed by atoms with Crippen molar-refractivity contribution in [3.8, 4) is 6.07 Å². The number of aromatic nitrogens is 2. The zero-order chi connectivity index (χ0) is 13.7. The highest BCUT2D eigenvalue weighted by Crippen LogP contribution is 2.13. The fraction of sp³-hybridized carbons (Fsp3) is 0.357. The van der Waals surface area contributed by atoms with Gasteiger partial charge in [-0.2, -0.15) is 5.26 Å². The summed E-state index contributed by atoms with van der Waals surface area (Å²) in [5, 5.41) is 11.2. The van der Waals surface area contributed by atoms with Crippen LogP contribution in [0.2, 0.25) is 0 Å². The highest BCUT2D eigenvalue weighted by molar-refractivity contribution is 5.77. The Bertz CT molecular complexity index is 624. The molecule has 1 aromatic heterocycles. The molecular formula is C14H16N4O.